The van der Waals surface area contributed by atoms with Gasteiger partial charge in [-0.05, 0) is 24.1 Å². The molecule has 3 rings (SSSR count). The van der Waals surface area contributed by atoms with E-state index in [0.717, 1.165) is 0 Å². The lowest BCUT2D eigenvalue weighted by Gasteiger charge is -2.17. The van der Waals surface area contributed by atoms with Crippen LogP contribution in [-0.2, 0) is 16.1 Å². The van der Waals surface area contributed by atoms with Gasteiger partial charge in [0.25, 0.3) is 5.91 Å². The van der Waals surface area contributed by atoms with Crippen LogP contribution in [-0.4, -0.2) is 66.2 Å². The van der Waals surface area contributed by atoms with Gasteiger partial charge in [0.15, 0.2) is 6.61 Å². The summed E-state index contributed by atoms with van der Waals surface area (Å²) in [4.78, 5) is 26.3. The van der Waals surface area contributed by atoms with Crippen molar-refractivity contribution >= 4 is 35.3 Å². The summed E-state index contributed by atoms with van der Waals surface area (Å²) in [6.45, 7) is -0.900. The zero-order valence-electron chi connectivity index (χ0n) is 15.6. The molecule has 2 heterocycles. The fourth-order valence-corrected chi connectivity index (χ4v) is 3.28. The van der Waals surface area contributed by atoms with Gasteiger partial charge in [-0.3, -0.25) is 9.59 Å². The maximum Gasteiger partial charge on any atom is 0.422 e. The van der Waals surface area contributed by atoms with E-state index >= 15 is 0 Å². The van der Waals surface area contributed by atoms with E-state index in [1.807, 2.05) is 0 Å². The Morgan fingerprint density at radius 2 is 2.13 bits per heavy atom. The number of amides is 2. The van der Waals surface area contributed by atoms with Crippen LogP contribution in [0.25, 0.3) is 0 Å². The Morgan fingerprint density at radius 1 is 1.37 bits per heavy atom. The maximum atomic E-state index is 12.6. The number of ether oxygens (including phenoxy) is 1. The second-order valence-electron chi connectivity index (χ2n) is 6.66. The SMILES string of the molecule is O=C(NCCCO)C1=[N+]=CC2=C1CN(Cc1ccc(OCC(F)(F)F)c(Cl)c1)C2=O. The number of halogens is 4. The van der Waals surface area contributed by atoms with Crippen molar-refractivity contribution in [3.63, 3.8) is 0 Å². The molecule has 0 spiro atoms. The number of alkyl halides is 3. The largest absolute Gasteiger partial charge is 0.483 e. The van der Waals surface area contributed by atoms with E-state index in [0.29, 0.717) is 23.1 Å². The lowest BCUT2D eigenvalue weighted by molar-refractivity contribution is -0.153. The smallest absolute Gasteiger partial charge is 0.422 e. The van der Waals surface area contributed by atoms with E-state index in [4.69, 9.17) is 16.7 Å². The predicted octanol–water partition coefficient (Wildman–Crippen LogP) is 1.01. The van der Waals surface area contributed by atoms with Crippen molar-refractivity contribution in [2.24, 2.45) is 0 Å². The van der Waals surface area contributed by atoms with Crippen LogP contribution in [0.3, 0.4) is 0 Å². The van der Waals surface area contributed by atoms with E-state index in [-0.39, 0.29) is 48.6 Å². The zero-order chi connectivity index (χ0) is 21.9. The standard InChI is InChI=1S/C19H17ClF3N3O4/c20-14-6-11(2-3-15(14)30-10-19(21,22)23)8-26-9-13-12(18(26)29)7-25-16(13)17(28)24-4-1-5-27/h2-3,6-7,27H,1,4-5,8-10H2/p+1. The second kappa shape index (κ2) is 8.91. The Bertz CT molecular complexity index is 968. The summed E-state index contributed by atoms with van der Waals surface area (Å²) in [5, 5.41) is 11.4. The third kappa shape index (κ3) is 5.02. The average Bonchev–Trinajstić information content (AvgIpc) is 3.21. The van der Waals surface area contributed by atoms with Crippen LogP contribution in [0.2, 0.25) is 5.02 Å². The molecule has 0 atom stereocenters. The van der Waals surface area contributed by atoms with Crippen molar-refractivity contribution in [2.45, 2.75) is 19.1 Å². The van der Waals surface area contributed by atoms with E-state index in [1.165, 1.54) is 29.3 Å². The van der Waals surface area contributed by atoms with Gasteiger partial charge in [0.2, 0.25) is 0 Å². The van der Waals surface area contributed by atoms with Gasteiger partial charge >= 0.3 is 24.0 Å². The number of aliphatic hydroxyl groups excluding tert-OH is 1. The fraction of sp³-hybridized carbons (Fsp3) is 0.368. The number of hydrogen-bond donors (Lipinski definition) is 2. The molecule has 0 aliphatic carbocycles. The normalized spacial score (nSPS) is 15.6. The summed E-state index contributed by atoms with van der Waals surface area (Å²) in [7, 11) is 0. The van der Waals surface area contributed by atoms with Gasteiger partial charge in [0, 0.05) is 19.7 Å². The van der Waals surface area contributed by atoms with Crippen molar-refractivity contribution < 1.29 is 32.6 Å². The quantitative estimate of drug-likeness (QED) is 0.462. The van der Waals surface area contributed by atoms with Crippen molar-refractivity contribution in [2.75, 3.05) is 26.3 Å². The zero-order valence-corrected chi connectivity index (χ0v) is 16.4. The highest BCUT2D eigenvalue weighted by molar-refractivity contribution is 6.49. The first-order valence-corrected chi connectivity index (χ1v) is 9.38. The molecule has 0 saturated heterocycles. The molecular weight excluding hydrogens is 427 g/mol. The highest BCUT2D eigenvalue weighted by Gasteiger charge is 2.44. The van der Waals surface area contributed by atoms with Gasteiger partial charge in [-0.25, -0.2) is 0 Å². The molecule has 11 heteroatoms. The molecule has 0 bridgehead atoms. The number of nitrogens with zero attached hydrogens (tertiary/aromatic N) is 2. The van der Waals surface area contributed by atoms with E-state index < -0.39 is 18.7 Å². The van der Waals surface area contributed by atoms with Crippen LogP contribution in [0.4, 0.5) is 13.2 Å². The van der Waals surface area contributed by atoms with E-state index in [2.05, 4.69) is 14.7 Å². The highest BCUT2D eigenvalue weighted by atomic mass is 35.5. The molecule has 1 aromatic rings. The number of aliphatic hydroxyl groups is 1. The number of rotatable bonds is 8. The van der Waals surface area contributed by atoms with Crippen LogP contribution in [0, 0.1) is 0 Å². The van der Waals surface area contributed by atoms with Crippen LogP contribution in [0.15, 0.2) is 29.3 Å². The first-order valence-electron chi connectivity index (χ1n) is 9.00. The lowest BCUT2D eigenvalue weighted by atomic mass is 10.1. The van der Waals surface area contributed by atoms with Gasteiger partial charge in [-0.1, -0.05) is 22.3 Å². The van der Waals surface area contributed by atoms with Crippen molar-refractivity contribution in [1.82, 2.24) is 14.9 Å². The van der Waals surface area contributed by atoms with Crippen LogP contribution in [0.1, 0.15) is 12.0 Å². The van der Waals surface area contributed by atoms with Gasteiger partial charge < -0.3 is 20.1 Å². The van der Waals surface area contributed by atoms with Crippen molar-refractivity contribution in [3.05, 3.63) is 39.9 Å². The molecule has 2 amide bonds. The number of carbonyl (C=O) groups is 2. The minimum absolute atomic E-state index is 0.000899. The number of carbonyl (C=O) groups excluding carboxylic acids is 2. The fourth-order valence-electron chi connectivity index (χ4n) is 3.02. The summed E-state index contributed by atoms with van der Waals surface area (Å²) < 4.78 is 45.5. The molecule has 0 fully saturated rings. The topological polar surface area (TPSA) is 93.0 Å². The Labute approximate surface area is 174 Å². The molecule has 30 heavy (non-hydrogen) atoms. The van der Waals surface area contributed by atoms with Gasteiger partial charge in [0.1, 0.15) is 11.3 Å². The molecule has 0 radical (unpaired) electrons. The lowest BCUT2D eigenvalue weighted by Crippen LogP contribution is -2.35. The number of nitrogens with one attached hydrogen (secondary N) is 1. The Hall–Kier alpha value is -2.81. The monoisotopic (exact) mass is 444 g/mol. The van der Waals surface area contributed by atoms with Crippen molar-refractivity contribution in [3.8, 4) is 5.75 Å². The summed E-state index contributed by atoms with van der Waals surface area (Å²) in [6, 6.07) is 4.28. The molecule has 1 aromatic carbocycles. The van der Waals surface area contributed by atoms with Gasteiger partial charge in [-0.2, -0.15) is 13.2 Å². The van der Waals surface area contributed by atoms with Crippen LogP contribution < -0.4 is 14.7 Å². The molecule has 2 aliphatic heterocycles. The third-order valence-corrected chi connectivity index (χ3v) is 4.69. The molecule has 2 N–H and O–H groups in total. The highest BCUT2D eigenvalue weighted by Crippen LogP contribution is 2.29. The molecule has 160 valence electrons. The summed E-state index contributed by atoms with van der Waals surface area (Å²) in [5.74, 6) is -0.831. The summed E-state index contributed by atoms with van der Waals surface area (Å²) in [5.41, 5.74) is 1.60. The number of hydrogen-bond acceptors (Lipinski definition) is 4. The number of benzene rings is 1. The van der Waals surface area contributed by atoms with Crippen LogP contribution >= 0.6 is 11.6 Å². The third-order valence-electron chi connectivity index (χ3n) is 4.40. The average molecular weight is 445 g/mol. The molecule has 0 unspecified atom stereocenters. The maximum absolute atomic E-state index is 12.6. The molecule has 0 saturated carbocycles. The van der Waals surface area contributed by atoms with Crippen molar-refractivity contribution in [1.29, 1.82) is 0 Å². The molecule has 2 aliphatic rings. The summed E-state index contributed by atoms with van der Waals surface area (Å²) >= 11 is 6.00. The Morgan fingerprint density at radius 3 is 2.80 bits per heavy atom. The molecule has 0 aromatic heterocycles. The Kier molecular flexibility index (Phi) is 6.50. The minimum atomic E-state index is -4.48. The summed E-state index contributed by atoms with van der Waals surface area (Å²) in [6.07, 6.45) is -2.72. The molecule has 7 nitrogen and oxygen atoms in total. The first kappa shape index (κ1) is 21.9. The van der Waals surface area contributed by atoms with Gasteiger partial charge in [-0.15, -0.1) is 0 Å². The van der Waals surface area contributed by atoms with Crippen LogP contribution in [0.5, 0.6) is 5.75 Å². The van der Waals surface area contributed by atoms with E-state index in [1.54, 1.807) is 0 Å². The minimum Gasteiger partial charge on any atom is -0.483 e. The van der Waals surface area contributed by atoms with Gasteiger partial charge in [0.05, 0.1) is 17.1 Å². The first-order chi connectivity index (χ1) is 14.2. The molecular formula is C19H18ClF3N3O4+. The predicted molar refractivity (Wildman–Crippen MR) is 103 cm³/mol. The second-order valence-corrected chi connectivity index (χ2v) is 7.07. The van der Waals surface area contributed by atoms with E-state index in [9.17, 15) is 22.8 Å². The Balaban J connectivity index is 1.62.